The molecule has 0 heterocycles. The Bertz CT molecular complexity index is 626. The highest BCUT2D eigenvalue weighted by atomic mass is 16.5. The molecular formula is C20H27NO4. The quantitative estimate of drug-likeness (QED) is 0.635. The Morgan fingerprint density at radius 1 is 1.24 bits per heavy atom. The Balaban J connectivity index is 1.79. The van der Waals surface area contributed by atoms with Crippen LogP contribution in [0, 0.1) is 11.8 Å². The fourth-order valence-corrected chi connectivity index (χ4v) is 3.18. The van der Waals surface area contributed by atoms with E-state index in [0.717, 1.165) is 18.4 Å². The normalized spacial score (nSPS) is 23.2. The van der Waals surface area contributed by atoms with Crippen LogP contribution in [0.4, 0.5) is 0 Å². The van der Waals surface area contributed by atoms with E-state index >= 15 is 0 Å². The molecule has 0 aliphatic heterocycles. The largest absolute Gasteiger partial charge is 0.496 e. The number of carbonyl (C=O) groups is 2. The van der Waals surface area contributed by atoms with Crippen molar-refractivity contribution in [2.45, 2.75) is 39.2 Å². The van der Waals surface area contributed by atoms with Crippen molar-refractivity contribution in [3.8, 4) is 5.75 Å². The van der Waals surface area contributed by atoms with Gasteiger partial charge in [0.05, 0.1) is 7.11 Å². The van der Waals surface area contributed by atoms with Gasteiger partial charge in [-0.3, -0.25) is 4.79 Å². The van der Waals surface area contributed by atoms with Gasteiger partial charge in [0.2, 0.25) is 0 Å². The van der Waals surface area contributed by atoms with Gasteiger partial charge in [-0.1, -0.05) is 44.9 Å². The minimum atomic E-state index is -0.550. The van der Waals surface area contributed by atoms with Crippen molar-refractivity contribution < 1.29 is 19.1 Å². The van der Waals surface area contributed by atoms with Crippen LogP contribution < -0.4 is 10.1 Å². The molecule has 1 aromatic rings. The van der Waals surface area contributed by atoms with E-state index in [1.165, 1.54) is 12.5 Å². The second-order valence-electron chi connectivity index (χ2n) is 6.62. The summed E-state index contributed by atoms with van der Waals surface area (Å²) in [5.74, 6) is 0.921. The van der Waals surface area contributed by atoms with Gasteiger partial charge in [-0.2, -0.15) is 0 Å². The minimum absolute atomic E-state index is 0.166. The number of nitrogens with one attached hydrogen (secondary N) is 1. The molecule has 0 spiro atoms. The lowest BCUT2D eigenvalue weighted by Crippen LogP contribution is -2.45. The van der Waals surface area contributed by atoms with E-state index < -0.39 is 5.97 Å². The molecule has 1 aromatic carbocycles. The molecule has 1 amide bonds. The summed E-state index contributed by atoms with van der Waals surface area (Å²) in [5.41, 5.74) is 0.774. The third kappa shape index (κ3) is 5.62. The van der Waals surface area contributed by atoms with Crippen LogP contribution in [0.2, 0.25) is 0 Å². The van der Waals surface area contributed by atoms with Gasteiger partial charge in [-0.15, -0.1) is 0 Å². The van der Waals surface area contributed by atoms with Crippen LogP contribution in [0.25, 0.3) is 6.08 Å². The van der Waals surface area contributed by atoms with Gasteiger partial charge in [0.1, 0.15) is 5.75 Å². The molecule has 3 atom stereocenters. The molecule has 136 valence electrons. The van der Waals surface area contributed by atoms with E-state index in [-0.39, 0.29) is 18.6 Å². The average molecular weight is 345 g/mol. The predicted octanol–water partition coefficient (Wildman–Crippen LogP) is 3.19. The Hall–Kier alpha value is -2.30. The van der Waals surface area contributed by atoms with Crippen molar-refractivity contribution in [1.29, 1.82) is 0 Å². The predicted molar refractivity (Wildman–Crippen MR) is 97.1 cm³/mol. The zero-order valence-corrected chi connectivity index (χ0v) is 15.2. The second kappa shape index (κ2) is 9.25. The summed E-state index contributed by atoms with van der Waals surface area (Å²) in [6, 6.07) is 7.52. The Morgan fingerprint density at radius 3 is 2.76 bits per heavy atom. The molecule has 0 radical (unpaired) electrons. The number of carbonyl (C=O) groups excluding carboxylic acids is 2. The molecule has 1 aliphatic carbocycles. The number of amides is 1. The van der Waals surface area contributed by atoms with Crippen LogP contribution in [-0.2, 0) is 14.3 Å². The zero-order valence-electron chi connectivity index (χ0n) is 15.2. The summed E-state index contributed by atoms with van der Waals surface area (Å²) >= 11 is 0. The van der Waals surface area contributed by atoms with Crippen LogP contribution in [-0.4, -0.2) is 31.6 Å². The maximum atomic E-state index is 12.0. The lowest BCUT2D eigenvalue weighted by Gasteiger charge is -2.34. The molecule has 1 aliphatic rings. The number of esters is 1. The second-order valence-corrected chi connectivity index (χ2v) is 6.62. The first-order chi connectivity index (χ1) is 12.0. The third-order valence-electron chi connectivity index (χ3n) is 4.94. The summed E-state index contributed by atoms with van der Waals surface area (Å²) in [6.07, 6.45) is 6.23. The summed E-state index contributed by atoms with van der Waals surface area (Å²) in [4.78, 5) is 23.8. The first-order valence-electron chi connectivity index (χ1n) is 8.78. The summed E-state index contributed by atoms with van der Waals surface area (Å²) in [7, 11) is 1.57. The lowest BCUT2D eigenvalue weighted by atomic mass is 9.78. The van der Waals surface area contributed by atoms with E-state index in [1.807, 2.05) is 24.3 Å². The fraction of sp³-hybridized carbons (Fsp3) is 0.500. The van der Waals surface area contributed by atoms with E-state index in [9.17, 15) is 9.59 Å². The Labute approximate surface area is 149 Å². The molecule has 5 heteroatoms. The first kappa shape index (κ1) is 19.0. The van der Waals surface area contributed by atoms with Crippen molar-refractivity contribution in [2.75, 3.05) is 13.7 Å². The van der Waals surface area contributed by atoms with Gasteiger partial charge in [0.25, 0.3) is 5.91 Å². The summed E-state index contributed by atoms with van der Waals surface area (Å²) in [6.45, 7) is 4.12. The van der Waals surface area contributed by atoms with E-state index in [2.05, 4.69) is 19.2 Å². The van der Waals surface area contributed by atoms with Crippen LogP contribution in [0.1, 0.15) is 38.7 Å². The summed E-state index contributed by atoms with van der Waals surface area (Å²) < 4.78 is 10.2. The smallest absolute Gasteiger partial charge is 0.331 e. The number of benzene rings is 1. The van der Waals surface area contributed by atoms with Crippen molar-refractivity contribution in [3.05, 3.63) is 35.9 Å². The molecular weight excluding hydrogens is 318 g/mol. The molecule has 0 aromatic heterocycles. The average Bonchev–Trinajstić information content (AvgIpc) is 2.62. The van der Waals surface area contributed by atoms with Crippen LogP contribution in [0.3, 0.4) is 0 Å². The summed E-state index contributed by atoms with van der Waals surface area (Å²) in [5, 5.41) is 2.99. The molecule has 0 unspecified atom stereocenters. The maximum Gasteiger partial charge on any atom is 0.331 e. The van der Waals surface area contributed by atoms with Gasteiger partial charge in [-0.05, 0) is 30.4 Å². The number of para-hydroxylation sites is 1. The van der Waals surface area contributed by atoms with Gasteiger partial charge < -0.3 is 14.8 Å². The highest BCUT2D eigenvalue weighted by Crippen LogP contribution is 2.29. The van der Waals surface area contributed by atoms with Crippen molar-refractivity contribution in [2.24, 2.45) is 11.8 Å². The SMILES string of the molecule is COc1ccccc1/C=C/C(=O)OCC(=O)N[C@@H]1CCC[C@@H](C)[C@H]1C. The Morgan fingerprint density at radius 2 is 2.00 bits per heavy atom. The molecule has 1 fully saturated rings. The topological polar surface area (TPSA) is 64.6 Å². The number of methoxy groups -OCH3 is 1. The van der Waals surface area contributed by atoms with Crippen LogP contribution in [0.15, 0.2) is 30.3 Å². The zero-order chi connectivity index (χ0) is 18.2. The fourth-order valence-electron chi connectivity index (χ4n) is 3.18. The third-order valence-corrected chi connectivity index (χ3v) is 4.94. The molecule has 1 saturated carbocycles. The van der Waals surface area contributed by atoms with Gasteiger partial charge in [-0.25, -0.2) is 4.79 Å². The molecule has 5 nitrogen and oxygen atoms in total. The number of hydrogen-bond acceptors (Lipinski definition) is 4. The minimum Gasteiger partial charge on any atom is -0.496 e. The Kier molecular flexibility index (Phi) is 7.04. The standard InChI is InChI=1S/C20H27NO4/c1-14-7-6-9-17(15(14)2)21-19(22)13-25-20(23)12-11-16-8-4-5-10-18(16)24-3/h4-5,8,10-12,14-15,17H,6-7,9,13H2,1-3H3,(H,21,22)/b12-11+/t14-,15-,17-/m1/s1. The van der Waals surface area contributed by atoms with E-state index in [1.54, 1.807) is 13.2 Å². The highest BCUT2D eigenvalue weighted by Gasteiger charge is 2.28. The monoisotopic (exact) mass is 345 g/mol. The molecule has 0 bridgehead atoms. The first-order valence-corrected chi connectivity index (χ1v) is 8.78. The lowest BCUT2D eigenvalue weighted by molar-refractivity contribution is -0.144. The molecule has 1 N–H and O–H groups in total. The maximum absolute atomic E-state index is 12.0. The van der Waals surface area contributed by atoms with E-state index in [0.29, 0.717) is 17.6 Å². The van der Waals surface area contributed by atoms with Crippen LogP contribution >= 0.6 is 0 Å². The number of ether oxygens (including phenoxy) is 2. The van der Waals surface area contributed by atoms with Gasteiger partial charge in [0, 0.05) is 17.7 Å². The van der Waals surface area contributed by atoms with Crippen molar-refractivity contribution in [1.82, 2.24) is 5.32 Å². The number of rotatable bonds is 6. The molecule has 0 saturated heterocycles. The molecule has 2 rings (SSSR count). The van der Waals surface area contributed by atoms with Gasteiger partial charge in [0.15, 0.2) is 6.61 Å². The van der Waals surface area contributed by atoms with Gasteiger partial charge >= 0.3 is 5.97 Å². The number of hydrogen-bond donors (Lipinski definition) is 1. The van der Waals surface area contributed by atoms with Crippen molar-refractivity contribution in [3.63, 3.8) is 0 Å². The van der Waals surface area contributed by atoms with Crippen molar-refractivity contribution >= 4 is 18.0 Å². The highest BCUT2D eigenvalue weighted by molar-refractivity contribution is 5.89. The van der Waals surface area contributed by atoms with E-state index in [4.69, 9.17) is 9.47 Å². The van der Waals surface area contributed by atoms with Crippen LogP contribution in [0.5, 0.6) is 5.75 Å². The molecule has 25 heavy (non-hydrogen) atoms.